The summed E-state index contributed by atoms with van der Waals surface area (Å²) in [5, 5.41) is 11.4. The maximum absolute atomic E-state index is 12.5. The van der Waals surface area contributed by atoms with Gasteiger partial charge in [-0.15, -0.1) is 0 Å². The maximum Gasteiger partial charge on any atom is 0.307 e. The van der Waals surface area contributed by atoms with Crippen LogP contribution in [0.3, 0.4) is 0 Å². The monoisotopic (exact) mass is 431 g/mol. The fraction of sp³-hybridized carbons (Fsp3) is 0.167. The third-order valence-electron chi connectivity index (χ3n) is 3.92. The van der Waals surface area contributed by atoms with Crippen molar-refractivity contribution in [2.24, 2.45) is 0 Å². The van der Waals surface area contributed by atoms with Crippen LogP contribution < -0.4 is 5.56 Å². The fourth-order valence-electron chi connectivity index (χ4n) is 2.54. The van der Waals surface area contributed by atoms with E-state index < -0.39 is 10.9 Å². The van der Waals surface area contributed by atoms with Gasteiger partial charge in [-0.1, -0.05) is 28.1 Å². The Labute approximate surface area is 161 Å². The van der Waals surface area contributed by atoms with Crippen LogP contribution in [0.4, 0.5) is 5.69 Å². The Morgan fingerprint density at radius 2 is 2.04 bits per heavy atom. The highest BCUT2D eigenvalue weighted by Gasteiger charge is 2.14. The van der Waals surface area contributed by atoms with E-state index in [0.29, 0.717) is 16.5 Å². The molecule has 0 atom stereocenters. The summed E-state index contributed by atoms with van der Waals surface area (Å²) >= 11 is 3.31. The van der Waals surface area contributed by atoms with Gasteiger partial charge in [0, 0.05) is 17.1 Å². The number of aryl methyl sites for hydroxylation is 1. The lowest BCUT2D eigenvalue weighted by atomic mass is 10.2. The Kier molecular flexibility index (Phi) is 5.60. The molecule has 0 unspecified atom stereocenters. The van der Waals surface area contributed by atoms with E-state index in [9.17, 15) is 19.7 Å². The Morgan fingerprint density at radius 3 is 2.81 bits per heavy atom. The minimum atomic E-state index is -0.561. The summed E-state index contributed by atoms with van der Waals surface area (Å²) in [6.07, 6.45) is 1.33. The second-order valence-electron chi connectivity index (χ2n) is 5.70. The van der Waals surface area contributed by atoms with Gasteiger partial charge >= 0.3 is 5.97 Å². The number of nitro groups is 1. The van der Waals surface area contributed by atoms with Crippen molar-refractivity contribution in [3.8, 4) is 0 Å². The van der Waals surface area contributed by atoms with E-state index in [1.807, 2.05) is 0 Å². The molecule has 3 rings (SSSR count). The van der Waals surface area contributed by atoms with Crippen LogP contribution in [0.1, 0.15) is 12.0 Å². The molecule has 27 heavy (non-hydrogen) atoms. The molecular weight excluding hydrogens is 418 g/mol. The molecule has 0 fully saturated rings. The van der Waals surface area contributed by atoms with E-state index in [2.05, 4.69) is 20.9 Å². The SMILES string of the molecule is O=C(CCn1cnc2ccc(Br)cc2c1=O)OCc1ccccc1[N+](=O)[O-]. The lowest BCUT2D eigenvalue weighted by molar-refractivity contribution is -0.385. The summed E-state index contributed by atoms with van der Waals surface area (Å²) in [6, 6.07) is 11.2. The largest absolute Gasteiger partial charge is 0.460 e. The minimum Gasteiger partial charge on any atom is -0.460 e. The highest BCUT2D eigenvalue weighted by atomic mass is 79.9. The number of rotatable bonds is 6. The first-order valence-corrected chi connectivity index (χ1v) is 8.77. The van der Waals surface area contributed by atoms with Crippen LogP contribution >= 0.6 is 15.9 Å². The second kappa shape index (κ2) is 8.09. The zero-order valence-corrected chi connectivity index (χ0v) is 15.6. The number of carbonyl (C=O) groups excluding carboxylic acids is 1. The highest BCUT2D eigenvalue weighted by Crippen LogP contribution is 2.18. The summed E-state index contributed by atoms with van der Waals surface area (Å²) < 4.78 is 7.19. The van der Waals surface area contributed by atoms with Gasteiger partial charge in [0.2, 0.25) is 0 Å². The van der Waals surface area contributed by atoms with Crippen molar-refractivity contribution < 1.29 is 14.5 Å². The van der Waals surface area contributed by atoms with E-state index in [1.54, 1.807) is 30.3 Å². The summed E-state index contributed by atoms with van der Waals surface area (Å²) in [6.45, 7) is -0.0994. The van der Waals surface area contributed by atoms with Gasteiger partial charge in [-0.05, 0) is 24.3 Å². The lowest BCUT2D eigenvalue weighted by Gasteiger charge is -2.08. The van der Waals surface area contributed by atoms with Crippen molar-refractivity contribution in [1.29, 1.82) is 0 Å². The molecule has 0 bridgehead atoms. The molecule has 0 N–H and O–H groups in total. The number of ether oxygens (including phenoxy) is 1. The van der Waals surface area contributed by atoms with Crippen LogP contribution in [-0.4, -0.2) is 20.4 Å². The van der Waals surface area contributed by atoms with E-state index in [1.165, 1.54) is 23.0 Å². The third kappa shape index (κ3) is 4.37. The van der Waals surface area contributed by atoms with Crippen LogP contribution in [0.15, 0.2) is 58.1 Å². The first-order chi connectivity index (χ1) is 13.0. The molecule has 8 nitrogen and oxygen atoms in total. The van der Waals surface area contributed by atoms with Crippen molar-refractivity contribution in [2.45, 2.75) is 19.6 Å². The van der Waals surface area contributed by atoms with Gasteiger partial charge < -0.3 is 4.74 Å². The number of nitrogens with zero attached hydrogens (tertiary/aromatic N) is 3. The molecule has 138 valence electrons. The molecule has 0 aliphatic carbocycles. The maximum atomic E-state index is 12.5. The van der Waals surface area contributed by atoms with Crippen LogP contribution in [0, 0.1) is 10.1 Å². The van der Waals surface area contributed by atoms with Crippen molar-refractivity contribution in [3.63, 3.8) is 0 Å². The highest BCUT2D eigenvalue weighted by molar-refractivity contribution is 9.10. The molecule has 0 spiro atoms. The van der Waals surface area contributed by atoms with Crippen LogP contribution in [0.5, 0.6) is 0 Å². The number of halogens is 1. The summed E-state index contributed by atoms with van der Waals surface area (Å²) in [5.74, 6) is -0.561. The lowest BCUT2D eigenvalue weighted by Crippen LogP contribution is -2.22. The molecular formula is C18H14BrN3O5. The van der Waals surface area contributed by atoms with E-state index in [4.69, 9.17) is 4.74 Å². The molecule has 0 aliphatic rings. The number of benzene rings is 2. The Hall–Kier alpha value is -3.07. The van der Waals surface area contributed by atoms with E-state index >= 15 is 0 Å². The fourth-order valence-corrected chi connectivity index (χ4v) is 2.90. The normalized spacial score (nSPS) is 10.7. The molecule has 1 heterocycles. The van der Waals surface area contributed by atoms with Crippen LogP contribution in [-0.2, 0) is 22.7 Å². The predicted molar refractivity (Wildman–Crippen MR) is 101 cm³/mol. The zero-order valence-electron chi connectivity index (χ0n) is 14.0. The second-order valence-corrected chi connectivity index (χ2v) is 6.62. The quantitative estimate of drug-likeness (QED) is 0.337. The molecule has 0 amide bonds. The number of aromatic nitrogens is 2. The molecule has 0 radical (unpaired) electrons. The number of nitro benzene ring substituents is 1. The average molecular weight is 432 g/mol. The number of hydrogen-bond acceptors (Lipinski definition) is 6. The Morgan fingerprint density at radius 1 is 1.26 bits per heavy atom. The first kappa shape index (κ1) is 18.7. The van der Waals surface area contributed by atoms with Crippen molar-refractivity contribution in [1.82, 2.24) is 9.55 Å². The van der Waals surface area contributed by atoms with Gasteiger partial charge in [0.1, 0.15) is 6.61 Å². The smallest absolute Gasteiger partial charge is 0.307 e. The zero-order chi connectivity index (χ0) is 19.4. The minimum absolute atomic E-state index is 0.0538. The first-order valence-electron chi connectivity index (χ1n) is 7.98. The number of fused-ring (bicyclic) bond motifs is 1. The van der Waals surface area contributed by atoms with Crippen LogP contribution in [0.2, 0.25) is 0 Å². The van der Waals surface area contributed by atoms with Crippen molar-refractivity contribution in [3.05, 3.63) is 79.3 Å². The van der Waals surface area contributed by atoms with Gasteiger partial charge in [0.15, 0.2) is 0 Å². The summed E-state index contributed by atoms with van der Waals surface area (Å²) in [5.41, 5.74) is 0.516. The van der Waals surface area contributed by atoms with Gasteiger partial charge in [-0.2, -0.15) is 0 Å². The number of esters is 1. The number of carbonyl (C=O) groups is 1. The van der Waals surface area contributed by atoms with Crippen molar-refractivity contribution in [2.75, 3.05) is 0 Å². The summed E-state index contributed by atoms with van der Waals surface area (Å²) in [4.78, 5) is 39.1. The van der Waals surface area contributed by atoms with Crippen LogP contribution in [0.25, 0.3) is 10.9 Å². The number of para-hydroxylation sites is 1. The topological polar surface area (TPSA) is 104 Å². The molecule has 3 aromatic rings. The van der Waals surface area contributed by atoms with Gasteiger partial charge in [0.05, 0.1) is 34.1 Å². The van der Waals surface area contributed by atoms with E-state index in [-0.39, 0.29) is 30.8 Å². The third-order valence-corrected chi connectivity index (χ3v) is 4.41. The molecule has 9 heteroatoms. The van der Waals surface area contributed by atoms with Gasteiger partial charge in [-0.3, -0.25) is 24.3 Å². The standard InChI is InChI=1S/C18H14BrN3O5/c19-13-5-6-15-14(9-13)18(24)21(11-20-15)8-7-17(23)27-10-12-3-1-2-4-16(12)22(25)26/h1-6,9,11H,7-8,10H2. The molecule has 0 aliphatic heterocycles. The van der Waals surface area contributed by atoms with Gasteiger partial charge in [0.25, 0.3) is 11.2 Å². The molecule has 2 aromatic carbocycles. The number of hydrogen-bond donors (Lipinski definition) is 0. The average Bonchev–Trinajstić information content (AvgIpc) is 2.66. The van der Waals surface area contributed by atoms with E-state index in [0.717, 1.165) is 4.47 Å². The Balaban J connectivity index is 1.65. The van der Waals surface area contributed by atoms with Crippen molar-refractivity contribution >= 4 is 38.5 Å². The molecule has 0 saturated carbocycles. The molecule has 0 saturated heterocycles. The predicted octanol–water partition coefficient (Wildman–Crippen LogP) is 3.20. The Bertz CT molecular complexity index is 1080. The van der Waals surface area contributed by atoms with Gasteiger partial charge in [-0.25, -0.2) is 4.98 Å². The molecule has 1 aromatic heterocycles. The summed E-state index contributed by atoms with van der Waals surface area (Å²) in [7, 11) is 0.